The molecule has 0 aliphatic carbocycles. The van der Waals surface area contributed by atoms with Gasteiger partial charge in [0.2, 0.25) is 5.91 Å². The van der Waals surface area contributed by atoms with E-state index < -0.39 is 29.6 Å². The lowest BCUT2D eigenvalue weighted by Crippen LogP contribution is -2.25. The highest BCUT2D eigenvalue weighted by molar-refractivity contribution is 5.97. The van der Waals surface area contributed by atoms with Crippen LogP contribution in [0.5, 0.6) is 0 Å². The fraction of sp³-hybridized carbons (Fsp3) is 0.316. The first-order chi connectivity index (χ1) is 12.6. The number of rotatable bonds is 6. The second-order valence-electron chi connectivity index (χ2n) is 6.53. The first-order valence-corrected chi connectivity index (χ1v) is 8.27. The summed E-state index contributed by atoms with van der Waals surface area (Å²) in [5.41, 5.74) is -0.971. The van der Waals surface area contributed by atoms with Gasteiger partial charge in [-0.15, -0.1) is 0 Å². The third-order valence-electron chi connectivity index (χ3n) is 3.71. The van der Waals surface area contributed by atoms with Crippen molar-refractivity contribution in [3.8, 4) is 0 Å². The zero-order valence-corrected chi connectivity index (χ0v) is 14.8. The van der Waals surface area contributed by atoms with Gasteiger partial charge in [0.05, 0.1) is 12.1 Å². The molecule has 144 valence electrons. The molecule has 27 heavy (non-hydrogen) atoms. The van der Waals surface area contributed by atoms with Gasteiger partial charge in [-0.2, -0.15) is 13.2 Å². The fourth-order valence-electron chi connectivity index (χ4n) is 2.39. The molecule has 0 fully saturated rings. The number of halogens is 3. The van der Waals surface area contributed by atoms with Gasteiger partial charge in [0.15, 0.2) is 5.78 Å². The lowest BCUT2D eigenvalue weighted by atomic mass is 10.1. The topological polar surface area (TPSA) is 68.2 Å². The van der Waals surface area contributed by atoms with Crippen LogP contribution in [0.3, 0.4) is 0 Å². The van der Waals surface area contributed by atoms with Gasteiger partial charge in [-0.3, -0.25) is 14.4 Å². The SMILES string of the molecule is CC(C)CC(=O)Nc1ccc(C(=O)Cn2cc(C(F)(F)F)ccc2=O)cc1. The summed E-state index contributed by atoms with van der Waals surface area (Å²) in [4.78, 5) is 35.7. The molecule has 0 aliphatic rings. The van der Waals surface area contributed by atoms with Crippen molar-refractivity contribution in [1.82, 2.24) is 4.57 Å². The fourth-order valence-corrected chi connectivity index (χ4v) is 2.39. The summed E-state index contributed by atoms with van der Waals surface area (Å²) in [7, 11) is 0. The molecule has 0 atom stereocenters. The van der Waals surface area contributed by atoms with Crippen molar-refractivity contribution in [1.29, 1.82) is 0 Å². The molecule has 2 rings (SSSR count). The van der Waals surface area contributed by atoms with E-state index in [-0.39, 0.29) is 17.4 Å². The molecule has 2 aromatic rings. The number of carbonyl (C=O) groups excluding carboxylic acids is 2. The third kappa shape index (κ3) is 5.80. The average molecular weight is 380 g/mol. The molecule has 0 saturated carbocycles. The predicted octanol–water partition coefficient (Wildman–Crippen LogP) is 3.73. The summed E-state index contributed by atoms with van der Waals surface area (Å²) in [5.74, 6) is -0.465. The normalized spacial score (nSPS) is 11.5. The summed E-state index contributed by atoms with van der Waals surface area (Å²) in [6.07, 6.45) is -3.62. The Kier molecular flexibility index (Phi) is 6.20. The molecule has 0 aliphatic heterocycles. The Bertz CT molecular complexity index is 884. The van der Waals surface area contributed by atoms with Gasteiger partial charge in [-0.05, 0) is 36.2 Å². The van der Waals surface area contributed by atoms with E-state index in [2.05, 4.69) is 5.32 Å². The van der Waals surface area contributed by atoms with Crippen LogP contribution in [-0.4, -0.2) is 16.3 Å². The number of nitrogens with one attached hydrogen (secondary N) is 1. The number of hydrogen-bond donors (Lipinski definition) is 1. The number of alkyl halides is 3. The van der Waals surface area contributed by atoms with E-state index in [1.807, 2.05) is 13.8 Å². The Morgan fingerprint density at radius 2 is 1.70 bits per heavy atom. The summed E-state index contributed by atoms with van der Waals surface area (Å²) in [5, 5.41) is 2.69. The number of Topliss-reactive ketones (excluding diaryl/α,β-unsaturated/α-hetero) is 1. The van der Waals surface area contributed by atoms with Gasteiger partial charge in [-0.25, -0.2) is 0 Å². The van der Waals surface area contributed by atoms with Gasteiger partial charge in [0.1, 0.15) is 0 Å². The van der Waals surface area contributed by atoms with E-state index in [0.717, 1.165) is 10.6 Å². The maximum Gasteiger partial charge on any atom is 0.417 e. The number of carbonyl (C=O) groups is 2. The highest BCUT2D eigenvalue weighted by Gasteiger charge is 2.31. The van der Waals surface area contributed by atoms with Gasteiger partial charge in [0, 0.05) is 29.9 Å². The van der Waals surface area contributed by atoms with Crippen LogP contribution in [-0.2, 0) is 17.5 Å². The minimum absolute atomic E-state index is 0.153. The number of amides is 1. The summed E-state index contributed by atoms with van der Waals surface area (Å²) >= 11 is 0. The number of benzene rings is 1. The molecular formula is C19H19F3N2O3. The van der Waals surface area contributed by atoms with Gasteiger partial charge in [0.25, 0.3) is 5.56 Å². The number of pyridine rings is 1. The van der Waals surface area contributed by atoms with E-state index in [1.165, 1.54) is 24.3 Å². The van der Waals surface area contributed by atoms with Crippen LogP contribution < -0.4 is 10.9 Å². The van der Waals surface area contributed by atoms with Gasteiger partial charge in [-0.1, -0.05) is 13.8 Å². The smallest absolute Gasteiger partial charge is 0.326 e. The molecule has 1 N–H and O–H groups in total. The molecule has 1 heterocycles. The molecule has 0 bridgehead atoms. The van der Waals surface area contributed by atoms with E-state index in [4.69, 9.17) is 0 Å². The molecule has 0 unspecified atom stereocenters. The molecule has 0 saturated heterocycles. The van der Waals surface area contributed by atoms with E-state index in [1.54, 1.807) is 0 Å². The van der Waals surface area contributed by atoms with Crippen LogP contribution in [0, 0.1) is 5.92 Å². The zero-order valence-electron chi connectivity index (χ0n) is 14.8. The third-order valence-corrected chi connectivity index (χ3v) is 3.71. The Morgan fingerprint density at radius 1 is 1.07 bits per heavy atom. The van der Waals surface area contributed by atoms with Crippen molar-refractivity contribution in [3.63, 3.8) is 0 Å². The summed E-state index contributed by atoms with van der Waals surface area (Å²) in [6, 6.07) is 7.42. The van der Waals surface area contributed by atoms with Gasteiger partial charge < -0.3 is 9.88 Å². The van der Waals surface area contributed by atoms with Crippen LogP contribution >= 0.6 is 0 Å². The van der Waals surface area contributed by atoms with E-state index >= 15 is 0 Å². The maximum atomic E-state index is 12.8. The molecule has 8 heteroatoms. The highest BCUT2D eigenvalue weighted by atomic mass is 19.4. The van der Waals surface area contributed by atoms with Crippen molar-refractivity contribution in [2.75, 3.05) is 5.32 Å². The lowest BCUT2D eigenvalue weighted by molar-refractivity contribution is -0.138. The summed E-state index contributed by atoms with van der Waals surface area (Å²) < 4.78 is 39.0. The standard InChI is InChI=1S/C19H19F3N2O3/c1-12(2)9-17(26)23-15-6-3-13(4-7-15)16(25)11-24-10-14(19(20,21)22)5-8-18(24)27/h3-8,10,12H,9,11H2,1-2H3,(H,23,26). The molecule has 1 aromatic carbocycles. The van der Waals surface area contributed by atoms with Crippen LogP contribution in [0.15, 0.2) is 47.4 Å². The maximum absolute atomic E-state index is 12.8. The minimum Gasteiger partial charge on any atom is -0.326 e. The molecule has 1 aromatic heterocycles. The molecule has 0 radical (unpaired) electrons. The monoisotopic (exact) mass is 380 g/mol. The second kappa shape index (κ2) is 8.20. The number of nitrogens with zero attached hydrogens (tertiary/aromatic N) is 1. The number of hydrogen-bond acceptors (Lipinski definition) is 3. The Labute approximate surface area is 153 Å². The van der Waals surface area contributed by atoms with E-state index in [9.17, 15) is 27.6 Å². The van der Waals surface area contributed by atoms with Crippen LogP contribution in [0.1, 0.15) is 36.2 Å². The molecule has 5 nitrogen and oxygen atoms in total. The molecular weight excluding hydrogens is 361 g/mol. The Hall–Kier alpha value is -2.90. The largest absolute Gasteiger partial charge is 0.417 e. The highest BCUT2D eigenvalue weighted by Crippen LogP contribution is 2.28. The van der Waals surface area contributed by atoms with Crippen LogP contribution in [0.4, 0.5) is 18.9 Å². The summed E-state index contributed by atoms with van der Waals surface area (Å²) in [6.45, 7) is 3.32. The number of anilines is 1. The number of ketones is 1. The van der Waals surface area contributed by atoms with Crippen molar-refractivity contribution in [2.24, 2.45) is 5.92 Å². The zero-order chi connectivity index (χ0) is 20.2. The predicted molar refractivity (Wildman–Crippen MR) is 94.6 cm³/mol. The first-order valence-electron chi connectivity index (χ1n) is 8.27. The Balaban J connectivity index is 2.11. The second-order valence-corrected chi connectivity index (χ2v) is 6.53. The lowest BCUT2D eigenvalue weighted by Gasteiger charge is -2.11. The van der Waals surface area contributed by atoms with Crippen molar-refractivity contribution < 1.29 is 22.8 Å². The molecule has 0 spiro atoms. The van der Waals surface area contributed by atoms with Crippen molar-refractivity contribution >= 4 is 17.4 Å². The van der Waals surface area contributed by atoms with Gasteiger partial charge >= 0.3 is 6.18 Å². The minimum atomic E-state index is -4.60. The van der Waals surface area contributed by atoms with Crippen molar-refractivity contribution in [3.05, 3.63) is 64.1 Å². The van der Waals surface area contributed by atoms with Crippen LogP contribution in [0.25, 0.3) is 0 Å². The Morgan fingerprint density at radius 3 is 2.26 bits per heavy atom. The number of aromatic nitrogens is 1. The first kappa shape index (κ1) is 20.4. The van der Waals surface area contributed by atoms with E-state index in [0.29, 0.717) is 24.4 Å². The van der Waals surface area contributed by atoms with Crippen molar-refractivity contribution in [2.45, 2.75) is 33.0 Å². The average Bonchev–Trinajstić information content (AvgIpc) is 2.55. The molecule has 1 amide bonds. The quantitative estimate of drug-likeness (QED) is 0.777. The van der Waals surface area contributed by atoms with Crippen LogP contribution in [0.2, 0.25) is 0 Å².